The minimum atomic E-state index is 0.337. The number of hydrogen-bond acceptors (Lipinski definition) is 5. The summed E-state index contributed by atoms with van der Waals surface area (Å²) in [6.45, 7) is 4.87. The molecule has 1 atom stereocenters. The quantitative estimate of drug-likeness (QED) is 0.816. The molecule has 0 aromatic carbocycles. The van der Waals surface area contributed by atoms with Crippen molar-refractivity contribution in [3.05, 3.63) is 38.0 Å². The van der Waals surface area contributed by atoms with Crippen LogP contribution in [0.2, 0.25) is 0 Å². The fourth-order valence-corrected chi connectivity index (χ4v) is 4.48. The van der Waals surface area contributed by atoms with E-state index < -0.39 is 0 Å². The molecule has 1 aliphatic rings. The van der Waals surface area contributed by atoms with Gasteiger partial charge in [-0.15, -0.1) is 22.7 Å². The predicted octanol–water partition coefficient (Wildman–Crippen LogP) is 4.39. The van der Waals surface area contributed by atoms with E-state index in [-0.39, 0.29) is 0 Å². The minimum Gasteiger partial charge on any atom is -0.373 e. The number of aryl methyl sites for hydroxylation is 1. The van der Waals surface area contributed by atoms with Gasteiger partial charge in [-0.3, -0.25) is 4.90 Å². The molecule has 0 spiro atoms. The Bertz CT molecular complexity index is 572. The van der Waals surface area contributed by atoms with Crippen LogP contribution in [0, 0.1) is 6.92 Å². The van der Waals surface area contributed by atoms with E-state index in [4.69, 9.17) is 4.74 Å². The molecule has 3 nitrogen and oxygen atoms in total. The Morgan fingerprint density at radius 2 is 2.24 bits per heavy atom. The lowest BCUT2D eigenvalue weighted by Crippen LogP contribution is -2.16. The zero-order chi connectivity index (χ0) is 14.7. The van der Waals surface area contributed by atoms with Crippen molar-refractivity contribution in [2.45, 2.75) is 45.4 Å². The Morgan fingerprint density at radius 3 is 2.95 bits per heavy atom. The normalized spacial score (nSPS) is 19.3. The fraction of sp³-hybridized carbons (Fsp3) is 0.562. The van der Waals surface area contributed by atoms with Crippen LogP contribution in [0.15, 0.2) is 17.5 Å². The second-order valence-electron chi connectivity index (χ2n) is 5.69. The van der Waals surface area contributed by atoms with Crippen LogP contribution in [0.25, 0.3) is 0 Å². The van der Waals surface area contributed by atoms with Crippen molar-refractivity contribution in [1.82, 2.24) is 9.88 Å². The third kappa shape index (κ3) is 4.13. The van der Waals surface area contributed by atoms with E-state index in [2.05, 4.69) is 41.4 Å². The highest BCUT2D eigenvalue weighted by Crippen LogP contribution is 2.33. The summed E-state index contributed by atoms with van der Waals surface area (Å²) in [5.74, 6) is 0. The van der Waals surface area contributed by atoms with Crippen LogP contribution < -0.4 is 0 Å². The third-order valence-corrected chi connectivity index (χ3v) is 5.69. The third-order valence-electron chi connectivity index (χ3n) is 3.70. The lowest BCUT2D eigenvalue weighted by molar-refractivity contribution is 0.0172. The maximum atomic E-state index is 5.87. The standard InChI is InChI=1S/C16H22N2OS2/c1-12-17-13(11-20-12)9-18(2)10-14-6-7-16(21-14)15-5-3-4-8-19-15/h6-7,11,15H,3-5,8-10H2,1-2H3. The molecular weight excluding hydrogens is 300 g/mol. The van der Waals surface area contributed by atoms with Crippen LogP contribution in [0.5, 0.6) is 0 Å². The molecule has 0 saturated carbocycles. The molecule has 3 heterocycles. The number of aromatic nitrogens is 1. The monoisotopic (exact) mass is 322 g/mol. The molecule has 0 N–H and O–H groups in total. The molecule has 114 valence electrons. The van der Waals surface area contributed by atoms with Crippen LogP contribution in [0.1, 0.15) is 45.8 Å². The van der Waals surface area contributed by atoms with Gasteiger partial charge in [0, 0.05) is 34.8 Å². The summed E-state index contributed by atoms with van der Waals surface area (Å²) in [5.41, 5.74) is 1.17. The minimum absolute atomic E-state index is 0.337. The van der Waals surface area contributed by atoms with Crippen molar-refractivity contribution >= 4 is 22.7 Å². The number of rotatable bonds is 5. The predicted molar refractivity (Wildman–Crippen MR) is 88.9 cm³/mol. The summed E-state index contributed by atoms with van der Waals surface area (Å²) in [6.07, 6.45) is 4.02. The van der Waals surface area contributed by atoms with Crippen molar-refractivity contribution in [2.24, 2.45) is 0 Å². The molecule has 0 aliphatic carbocycles. The second kappa shape index (κ2) is 7.01. The molecule has 1 unspecified atom stereocenters. The Kier molecular flexibility index (Phi) is 5.06. The van der Waals surface area contributed by atoms with Crippen molar-refractivity contribution in [3.63, 3.8) is 0 Å². The average Bonchev–Trinajstić information content (AvgIpc) is 3.09. The zero-order valence-electron chi connectivity index (χ0n) is 12.7. The van der Waals surface area contributed by atoms with Gasteiger partial charge in [-0.05, 0) is 45.4 Å². The molecule has 0 radical (unpaired) electrons. The van der Waals surface area contributed by atoms with Gasteiger partial charge in [0.25, 0.3) is 0 Å². The van der Waals surface area contributed by atoms with E-state index in [1.54, 1.807) is 11.3 Å². The number of nitrogens with zero attached hydrogens (tertiary/aromatic N) is 2. The van der Waals surface area contributed by atoms with Gasteiger partial charge in [-0.1, -0.05) is 0 Å². The van der Waals surface area contributed by atoms with E-state index in [1.165, 1.54) is 34.7 Å². The van der Waals surface area contributed by atoms with Gasteiger partial charge >= 0.3 is 0 Å². The smallest absolute Gasteiger partial charge is 0.0916 e. The highest BCUT2D eigenvalue weighted by atomic mass is 32.1. The number of hydrogen-bond donors (Lipinski definition) is 0. The number of thiophene rings is 1. The molecule has 21 heavy (non-hydrogen) atoms. The average molecular weight is 322 g/mol. The summed E-state index contributed by atoms with van der Waals surface area (Å²) in [6, 6.07) is 4.50. The van der Waals surface area contributed by atoms with Crippen molar-refractivity contribution in [2.75, 3.05) is 13.7 Å². The molecule has 0 bridgehead atoms. The molecule has 5 heteroatoms. The lowest BCUT2D eigenvalue weighted by Gasteiger charge is -2.21. The number of thiazole rings is 1. The first-order valence-electron chi connectivity index (χ1n) is 7.50. The van der Waals surface area contributed by atoms with Gasteiger partial charge in [0.2, 0.25) is 0 Å². The van der Waals surface area contributed by atoms with Crippen LogP contribution in [-0.2, 0) is 17.8 Å². The maximum absolute atomic E-state index is 5.87. The van der Waals surface area contributed by atoms with E-state index in [0.717, 1.165) is 24.7 Å². The zero-order valence-corrected chi connectivity index (χ0v) is 14.3. The Morgan fingerprint density at radius 1 is 1.33 bits per heavy atom. The number of ether oxygens (including phenoxy) is 1. The highest BCUT2D eigenvalue weighted by Gasteiger charge is 2.18. The maximum Gasteiger partial charge on any atom is 0.0916 e. The van der Waals surface area contributed by atoms with Crippen LogP contribution in [-0.4, -0.2) is 23.5 Å². The SMILES string of the molecule is Cc1nc(CN(C)Cc2ccc(C3CCCCO3)s2)cs1. The van der Waals surface area contributed by atoms with Gasteiger partial charge < -0.3 is 4.74 Å². The van der Waals surface area contributed by atoms with E-state index in [0.29, 0.717) is 6.10 Å². The fourth-order valence-electron chi connectivity index (χ4n) is 2.70. The molecular formula is C16H22N2OS2. The van der Waals surface area contributed by atoms with Gasteiger partial charge in [0.1, 0.15) is 0 Å². The molecule has 1 fully saturated rings. The Balaban J connectivity index is 1.56. The van der Waals surface area contributed by atoms with Crippen molar-refractivity contribution in [1.29, 1.82) is 0 Å². The largest absolute Gasteiger partial charge is 0.373 e. The van der Waals surface area contributed by atoms with Gasteiger partial charge in [-0.25, -0.2) is 4.98 Å². The summed E-state index contributed by atoms with van der Waals surface area (Å²) in [7, 11) is 2.16. The topological polar surface area (TPSA) is 25.4 Å². The first-order chi connectivity index (χ1) is 10.2. The lowest BCUT2D eigenvalue weighted by atomic mass is 10.1. The molecule has 3 rings (SSSR count). The highest BCUT2D eigenvalue weighted by molar-refractivity contribution is 7.12. The summed E-state index contributed by atoms with van der Waals surface area (Å²) in [5, 5.41) is 3.30. The van der Waals surface area contributed by atoms with Crippen molar-refractivity contribution < 1.29 is 4.74 Å². The van der Waals surface area contributed by atoms with Crippen molar-refractivity contribution in [3.8, 4) is 0 Å². The summed E-state index contributed by atoms with van der Waals surface area (Å²) in [4.78, 5) is 9.66. The molecule has 1 aliphatic heterocycles. The summed E-state index contributed by atoms with van der Waals surface area (Å²) < 4.78 is 5.87. The second-order valence-corrected chi connectivity index (χ2v) is 7.95. The van der Waals surface area contributed by atoms with Gasteiger partial charge in [0.05, 0.1) is 16.8 Å². The van der Waals surface area contributed by atoms with Crippen LogP contribution in [0.4, 0.5) is 0 Å². The van der Waals surface area contributed by atoms with E-state index in [9.17, 15) is 0 Å². The molecule has 2 aromatic rings. The molecule has 0 amide bonds. The van der Waals surface area contributed by atoms with Crippen LogP contribution >= 0.6 is 22.7 Å². The Hall–Kier alpha value is -0.750. The van der Waals surface area contributed by atoms with E-state index in [1.807, 2.05) is 11.3 Å². The van der Waals surface area contributed by atoms with Gasteiger partial charge in [0.15, 0.2) is 0 Å². The van der Waals surface area contributed by atoms with Crippen LogP contribution in [0.3, 0.4) is 0 Å². The van der Waals surface area contributed by atoms with E-state index >= 15 is 0 Å². The summed E-state index contributed by atoms with van der Waals surface area (Å²) >= 11 is 3.62. The first-order valence-corrected chi connectivity index (χ1v) is 9.20. The van der Waals surface area contributed by atoms with Gasteiger partial charge in [-0.2, -0.15) is 0 Å². The molecule has 1 saturated heterocycles. The Labute approximate surface area is 134 Å². The first kappa shape index (κ1) is 15.2. The molecule has 2 aromatic heterocycles.